The molecule has 0 fully saturated rings. The summed E-state index contributed by atoms with van der Waals surface area (Å²) in [6.07, 6.45) is 0. The molecular weight excluding hydrogens is 313 g/mol. The minimum Gasteiger partial charge on any atom is -0.489 e. The Morgan fingerprint density at radius 3 is 2.60 bits per heavy atom. The molecule has 2 aromatic carbocycles. The Bertz CT molecular complexity index is 658. The second-order valence-corrected chi connectivity index (χ2v) is 5.65. The van der Waals surface area contributed by atoms with Gasteiger partial charge in [-0.15, -0.1) is 0 Å². The van der Waals surface area contributed by atoms with E-state index in [2.05, 4.69) is 0 Å². The summed E-state index contributed by atoms with van der Waals surface area (Å²) >= 11 is 17.1. The van der Waals surface area contributed by atoms with Crippen molar-refractivity contribution in [1.82, 2.24) is 0 Å². The van der Waals surface area contributed by atoms with Crippen LogP contribution >= 0.6 is 35.4 Å². The highest BCUT2D eigenvalue weighted by molar-refractivity contribution is 7.80. The second-order valence-electron chi connectivity index (χ2n) is 4.37. The molecule has 0 bridgehead atoms. The fourth-order valence-corrected chi connectivity index (χ4v) is 2.23. The minimum atomic E-state index is 0.324. The van der Waals surface area contributed by atoms with Crippen LogP contribution in [0, 0.1) is 6.92 Å². The van der Waals surface area contributed by atoms with Gasteiger partial charge in [0.15, 0.2) is 0 Å². The number of nitrogens with two attached hydrogens (primary N) is 1. The molecule has 104 valence electrons. The summed E-state index contributed by atoms with van der Waals surface area (Å²) in [6.45, 7) is 2.32. The van der Waals surface area contributed by atoms with Crippen molar-refractivity contribution in [3.8, 4) is 5.75 Å². The number of hydrogen-bond donors (Lipinski definition) is 1. The molecule has 0 saturated heterocycles. The minimum absolute atomic E-state index is 0.324. The van der Waals surface area contributed by atoms with E-state index in [1.807, 2.05) is 31.2 Å². The molecule has 2 N–H and O–H groups in total. The maximum atomic E-state index is 6.19. The van der Waals surface area contributed by atoms with Crippen molar-refractivity contribution in [2.45, 2.75) is 13.5 Å². The third kappa shape index (κ3) is 3.63. The van der Waals surface area contributed by atoms with Crippen LogP contribution in [0.4, 0.5) is 0 Å². The Morgan fingerprint density at radius 1 is 1.20 bits per heavy atom. The Kier molecular flexibility index (Phi) is 4.86. The summed E-state index contributed by atoms with van der Waals surface area (Å²) in [5, 5.41) is 1.22. The lowest BCUT2D eigenvalue weighted by Crippen LogP contribution is -2.09. The van der Waals surface area contributed by atoms with Gasteiger partial charge in [-0.05, 0) is 30.7 Å². The summed E-state index contributed by atoms with van der Waals surface area (Å²) in [5.41, 5.74) is 8.19. The van der Waals surface area contributed by atoms with E-state index < -0.39 is 0 Å². The normalized spacial score (nSPS) is 10.3. The van der Waals surface area contributed by atoms with Crippen LogP contribution in [0.2, 0.25) is 10.0 Å². The lowest BCUT2D eigenvalue weighted by Gasteiger charge is -2.11. The molecule has 0 heterocycles. The van der Waals surface area contributed by atoms with Gasteiger partial charge in [0.25, 0.3) is 0 Å². The highest BCUT2D eigenvalue weighted by Crippen LogP contribution is 2.25. The van der Waals surface area contributed by atoms with Crippen molar-refractivity contribution in [2.24, 2.45) is 5.73 Å². The number of halogens is 2. The van der Waals surface area contributed by atoms with Gasteiger partial charge in [0, 0.05) is 21.2 Å². The maximum absolute atomic E-state index is 6.19. The average Bonchev–Trinajstić information content (AvgIpc) is 2.40. The number of rotatable bonds is 4. The lowest BCUT2D eigenvalue weighted by atomic mass is 10.1. The average molecular weight is 326 g/mol. The van der Waals surface area contributed by atoms with E-state index in [1.165, 1.54) is 0 Å². The van der Waals surface area contributed by atoms with Gasteiger partial charge in [-0.3, -0.25) is 0 Å². The Balaban J connectivity index is 2.15. The Labute approximate surface area is 133 Å². The highest BCUT2D eigenvalue weighted by Gasteiger charge is 2.06. The largest absolute Gasteiger partial charge is 0.489 e. The zero-order valence-electron chi connectivity index (χ0n) is 10.8. The molecular formula is C15H13Cl2NOS. The summed E-state index contributed by atoms with van der Waals surface area (Å²) in [4.78, 5) is 0.324. The smallest absolute Gasteiger partial charge is 0.124 e. The fourth-order valence-electron chi connectivity index (χ4n) is 1.70. The van der Waals surface area contributed by atoms with Crippen molar-refractivity contribution >= 4 is 40.4 Å². The summed E-state index contributed by atoms with van der Waals surface area (Å²) < 4.78 is 5.75. The Morgan fingerprint density at radius 2 is 1.95 bits per heavy atom. The van der Waals surface area contributed by atoms with Crippen LogP contribution in [-0.2, 0) is 6.61 Å². The molecule has 0 unspecified atom stereocenters. The van der Waals surface area contributed by atoms with Crippen LogP contribution in [-0.4, -0.2) is 4.99 Å². The monoisotopic (exact) mass is 325 g/mol. The maximum Gasteiger partial charge on any atom is 0.124 e. The molecule has 5 heteroatoms. The van der Waals surface area contributed by atoms with E-state index >= 15 is 0 Å². The number of hydrogen-bond acceptors (Lipinski definition) is 2. The zero-order chi connectivity index (χ0) is 14.7. The van der Waals surface area contributed by atoms with E-state index in [9.17, 15) is 0 Å². The van der Waals surface area contributed by atoms with Gasteiger partial charge in [0.2, 0.25) is 0 Å². The van der Waals surface area contributed by atoms with E-state index in [4.69, 9.17) is 45.9 Å². The number of ether oxygens (including phenoxy) is 1. The van der Waals surface area contributed by atoms with E-state index in [0.717, 1.165) is 22.4 Å². The third-order valence-corrected chi connectivity index (χ3v) is 3.69. The topological polar surface area (TPSA) is 35.2 Å². The molecule has 0 atom stereocenters. The van der Waals surface area contributed by atoms with Crippen LogP contribution < -0.4 is 10.5 Å². The van der Waals surface area contributed by atoms with Gasteiger partial charge < -0.3 is 10.5 Å². The molecule has 0 aliphatic rings. The zero-order valence-corrected chi connectivity index (χ0v) is 13.1. The molecule has 0 aliphatic carbocycles. The molecule has 20 heavy (non-hydrogen) atoms. The standard InChI is InChI=1S/C15H13Cl2NOS/c1-9-2-5-12(16)7-14(9)19-8-11-4-3-10(15(18)20)6-13(11)17/h2-7H,8H2,1H3,(H2,18,20). The molecule has 0 spiro atoms. The third-order valence-electron chi connectivity index (χ3n) is 2.87. The molecule has 0 aromatic heterocycles. The van der Waals surface area contributed by atoms with Crippen molar-refractivity contribution in [3.05, 3.63) is 63.1 Å². The predicted molar refractivity (Wildman–Crippen MR) is 87.9 cm³/mol. The van der Waals surface area contributed by atoms with E-state index in [1.54, 1.807) is 12.1 Å². The van der Waals surface area contributed by atoms with Gasteiger partial charge in [0.05, 0.1) is 0 Å². The first-order valence-corrected chi connectivity index (χ1v) is 7.11. The number of benzene rings is 2. The number of aryl methyl sites for hydroxylation is 1. The van der Waals surface area contributed by atoms with Gasteiger partial charge >= 0.3 is 0 Å². The molecule has 0 saturated carbocycles. The van der Waals surface area contributed by atoms with Crippen LogP contribution in [0.5, 0.6) is 5.75 Å². The van der Waals surface area contributed by atoms with Crippen LogP contribution in [0.1, 0.15) is 16.7 Å². The Hall–Kier alpha value is -1.29. The first-order chi connectivity index (χ1) is 9.47. The molecule has 2 aromatic rings. The molecule has 0 radical (unpaired) electrons. The number of thiocarbonyl (C=S) groups is 1. The van der Waals surface area contributed by atoms with Crippen molar-refractivity contribution in [2.75, 3.05) is 0 Å². The van der Waals surface area contributed by atoms with Crippen molar-refractivity contribution < 1.29 is 4.74 Å². The van der Waals surface area contributed by atoms with Crippen LogP contribution in [0.15, 0.2) is 36.4 Å². The van der Waals surface area contributed by atoms with Gasteiger partial charge in [-0.2, -0.15) is 0 Å². The summed E-state index contributed by atoms with van der Waals surface area (Å²) in [7, 11) is 0. The van der Waals surface area contributed by atoms with E-state index in [0.29, 0.717) is 21.6 Å². The second kappa shape index (κ2) is 6.44. The van der Waals surface area contributed by atoms with Crippen LogP contribution in [0.3, 0.4) is 0 Å². The quantitative estimate of drug-likeness (QED) is 0.839. The fraction of sp³-hybridized carbons (Fsp3) is 0.133. The van der Waals surface area contributed by atoms with Gasteiger partial charge in [-0.25, -0.2) is 0 Å². The molecule has 2 nitrogen and oxygen atoms in total. The first-order valence-electron chi connectivity index (χ1n) is 5.94. The summed E-state index contributed by atoms with van der Waals surface area (Å²) in [6, 6.07) is 11.0. The lowest BCUT2D eigenvalue weighted by molar-refractivity contribution is 0.304. The predicted octanol–water partition coefficient (Wildman–Crippen LogP) is 4.52. The van der Waals surface area contributed by atoms with E-state index in [-0.39, 0.29) is 0 Å². The van der Waals surface area contributed by atoms with Gasteiger partial charge in [-0.1, -0.05) is 53.6 Å². The molecule has 0 amide bonds. The van der Waals surface area contributed by atoms with Crippen molar-refractivity contribution in [1.29, 1.82) is 0 Å². The van der Waals surface area contributed by atoms with Crippen molar-refractivity contribution in [3.63, 3.8) is 0 Å². The van der Waals surface area contributed by atoms with Crippen LogP contribution in [0.25, 0.3) is 0 Å². The SMILES string of the molecule is Cc1ccc(Cl)cc1OCc1ccc(C(N)=S)cc1Cl. The summed E-state index contributed by atoms with van der Waals surface area (Å²) in [5.74, 6) is 0.743. The molecule has 2 rings (SSSR count). The molecule has 0 aliphatic heterocycles. The van der Waals surface area contributed by atoms with Gasteiger partial charge in [0.1, 0.15) is 17.3 Å². The highest BCUT2D eigenvalue weighted by atomic mass is 35.5. The first kappa shape index (κ1) is 15.1.